The second kappa shape index (κ2) is 7.31. The summed E-state index contributed by atoms with van der Waals surface area (Å²) in [5, 5.41) is 6.52. The first-order valence-electron chi connectivity index (χ1n) is 8.55. The molecule has 6 nitrogen and oxygen atoms in total. The van der Waals surface area contributed by atoms with Crippen LogP contribution < -0.4 is 20.1 Å². The third-order valence-corrected chi connectivity index (χ3v) is 4.05. The summed E-state index contributed by atoms with van der Waals surface area (Å²) in [6.07, 6.45) is 1.73. The molecule has 0 radical (unpaired) electrons. The smallest absolute Gasteiger partial charge is 0.229 e. The number of hydrogen-bond acceptors (Lipinski definition) is 6. The van der Waals surface area contributed by atoms with E-state index >= 15 is 0 Å². The van der Waals surface area contributed by atoms with Gasteiger partial charge in [0.2, 0.25) is 5.95 Å². The molecule has 2 aromatic carbocycles. The van der Waals surface area contributed by atoms with Gasteiger partial charge >= 0.3 is 0 Å². The minimum Gasteiger partial charge on any atom is -0.486 e. The van der Waals surface area contributed by atoms with Crippen LogP contribution in [-0.4, -0.2) is 23.2 Å². The van der Waals surface area contributed by atoms with Crippen LogP contribution in [0, 0.1) is 6.92 Å². The summed E-state index contributed by atoms with van der Waals surface area (Å²) < 4.78 is 11.1. The van der Waals surface area contributed by atoms with Gasteiger partial charge in [0, 0.05) is 24.5 Å². The Labute approximate surface area is 152 Å². The third-order valence-electron chi connectivity index (χ3n) is 4.05. The van der Waals surface area contributed by atoms with Crippen LogP contribution in [0.15, 0.2) is 54.7 Å². The normalized spacial score (nSPS) is 12.5. The molecule has 0 aliphatic carbocycles. The van der Waals surface area contributed by atoms with Crippen LogP contribution in [0.4, 0.5) is 17.5 Å². The average molecular weight is 348 g/mol. The van der Waals surface area contributed by atoms with Crippen molar-refractivity contribution in [1.82, 2.24) is 9.97 Å². The van der Waals surface area contributed by atoms with E-state index in [1.807, 2.05) is 24.3 Å². The Hall–Kier alpha value is -3.28. The number of aryl methyl sites for hydroxylation is 1. The lowest BCUT2D eigenvalue weighted by Gasteiger charge is -2.19. The molecule has 1 aliphatic rings. The maximum absolute atomic E-state index is 5.60. The molecule has 0 unspecified atom stereocenters. The molecule has 132 valence electrons. The monoisotopic (exact) mass is 348 g/mol. The molecule has 0 bridgehead atoms. The zero-order valence-corrected chi connectivity index (χ0v) is 14.5. The number of fused-ring (bicyclic) bond motifs is 1. The fourth-order valence-corrected chi connectivity index (χ4v) is 2.67. The summed E-state index contributed by atoms with van der Waals surface area (Å²) in [7, 11) is 0. The third kappa shape index (κ3) is 3.85. The molecule has 0 amide bonds. The maximum atomic E-state index is 5.60. The fraction of sp³-hybridized carbons (Fsp3) is 0.200. The minimum atomic E-state index is 0.524. The molecule has 0 atom stereocenters. The predicted octanol–water partition coefficient (Wildman–Crippen LogP) is 3.91. The number of rotatable bonds is 5. The molecular weight excluding hydrogens is 328 g/mol. The Balaban J connectivity index is 1.43. The van der Waals surface area contributed by atoms with Crippen LogP contribution in [0.2, 0.25) is 0 Å². The van der Waals surface area contributed by atoms with Crippen LogP contribution in [0.3, 0.4) is 0 Å². The van der Waals surface area contributed by atoms with Crippen molar-refractivity contribution in [2.75, 3.05) is 23.8 Å². The molecule has 0 fully saturated rings. The second-order valence-electron chi connectivity index (χ2n) is 6.09. The molecular formula is C20H20N4O2. The van der Waals surface area contributed by atoms with Crippen molar-refractivity contribution in [1.29, 1.82) is 0 Å². The van der Waals surface area contributed by atoms with Gasteiger partial charge in [-0.25, -0.2) is 4.98 Å². The highest BCUT2D eigenvalue weighted by molar-refractivity contribution is 5.60. The highest BCUT2D eigenvalue weighted by Crippen LogP contribution is 2.33. The highest BCUT2D eigenvalue weighted by Gasteiger charge is 2.12. The van der Waals surface area contributed by atoms with Crippen molar-refractivity contribution in [2.45, 2.75) is 13.5 Å². The number of ether oxygens (including phenoxy) is 2. The quantitative estimate of drug-likeness (QED) is 0.729. The second-order valence-corrected chi connectivity index (χ2v) is 6.09. The van der Waals surface area contributed by atoms with Crippen molar-refractivity contribution in [3.05, 3.63) is 65.9 Å². The molecule has 1 aromatic heterocycles. The first-order chi connectivity index (χ1) is 12.8. The van der Waals surface area contributed by atoms with Crippen molar-refractivity contribution in [3.8, 4) is 11.5 Å². The number of aromatic nitrogens is 2. The lowest BCUT2D eigenvalue weighted by molar-refractivity contribution is 0.171. The van der Waals surface area contributed by atoms with Gasteiger partial charge in [-0.3, -0.25) is 0 Å². The number of hydrogen-bond donors (Lipinski definition) is 2. The summed E-state index contributed by atoms with van der Waals surface area (Å²) in [5.74, 6) is 2.78. The van der Waals surface area contributed by atoms with Crippen molar-refractivity contribution in [3.63, 3.8) is 0 Å². The van der Waals surface area contributed by atoms with E-state index in [9.17, 15) is 0 Å². The molecule has 0 saturated carbocycles. The number of benzene rings is 2. The van der Waals surface area contributed by atoms with E-state index in [1.54, 1.807) is 6.20 Å². The van der Waals surface area contributed by atoms with Crippen molar-refractivity contribution in [2.24, 2.45) is 0 Å². The highest BCUT2D eigenvalue weighted by atomic mass is 16.6. The minimum absolute atomic E-state index is 0.524. The Morgan fingerprint density at radius 3 is 2.62 bits per heavy atom. The molecule has 6 heteroatoms. The number of nitrogens with one attached hydrogen (secondary N) is 2. The van der Waals surface area contributed by atoms with Gasteiger partial charge in [0.05, 0.1) is 0 Å². The average Bonchev–Trinajstić information content (AvgIpc) is 2.68. The van der Waals surface area contributed by atoms with Gasteiger partial charge in [0.25, 0.3) is 0 Å². The Kier molecular flexibility index (Phi) is 4.55. The lowest BCUT2D eigenvalue weighted by Crippen LogP contribution is -2.15. The van der Waals surface area contributed by atoms with Gasteiger partial charge in [-0.15, -0.1) is 0 Å². The molecule has 0 spiro atoms. The lowest BCUT2D eigenvalue weighted by atomic mass is 10.1. The van der Waals surface area contributed by atoms with Crippen LogP contribution in [0.25, 0.3) is 0 Å². The van der Waals surface area contributed by atoms with E-state index in [2.05, 4.69) is 51.8 Å². The standard InChI is InChI=1S/C20H20N4O2/c1-14-2-4-15(5-3-14)13-22-19-8-9-21-20(24-19)23-16-6-7-17-18(12-16)26-11-10-25-17/h2-9,12H,10-11,13H2,1H3,(H2,21,22,23,24). The summed E-state index contributed by atoms with van der Waals surface area (Å²) >= 11 is 0. The summed E-state index contributed by atoms with van der Waals surface area (Å²) in [4.78, 5) is 8.79. The Morgan fingerprint density at radius 2 is 1.77 bits per heavy atom. The molecule has 26 heavy (non-hydrogen) atoms. The molecule has 0 saturated heterocycles. The number of anilines is 3. The predicted molar refractivity (Wildman–Crippen MR) is 101 cm³/mol. The SMILES string of the molecule is Cc1ccc(CNc2ccnc(Nc3ccc4c(c3)OCCO4)n2)cc1. The van der Waals surface area contributed by atoms with Crippen molar-refractivity contribution >= 4 is 17.5 Å². The zero-order chi connectivity index (χ0) is 17.8. The van der Waals surface area contributed by atoms with Gasteiger partial charge in [0.15, 0.2) is 11.5 Å². The van der Waals surface area contributed by atoms with E-state index in [0.717, 1.165) is 23.0 Å². The van der Waals surface area contributed by atoms with Gasteiger partial charge in [0.1, 0.15) is 19.0 Å². The van der Waals surface area contributed by atoms with E-state index in [1.165, 1.54) is 11.1 Å². The first-order valence-corrected chi connectivity index (χ1v) is 8.55. The number of nitrogens with zero attached hydrogens (tertiary/aromatic N) is 2. The van der Waals surface area contributed by atoms with Gasteiger partial charge in [-0.05, 0) is 30.7 Å². The van der Waals surface area contributed by atoms with Gasteiger partial charge in [-0.2, -0.15) is 4.98 Å². The summed E-state index contributed by atoms with van der Waals surface area (Å²) in [5.41, 5.74) is 3.31. The first kappa shape index (κ1) is 16.2. The topological polar surface area (TPSA) is 68.3 Å². The summed E-state index contributed by atoms with van der Waals surface area (Å²) in [6, 6.07) is 16.0. The Bertz CT molecular complexity index is 897. The molecule has 2 N–H and O–H groups in total. The van der Waals surface area contributed by atoms with Crippen LogP contribution >= 0.6 is 0 Å². The maximum Gasteiger partial charge on any atom is 0.229 e. The van der Waals surface area contributed by atoms with Gasteiger partial charge in [-0.1, -0.05) is 29.8 Å². The molecule has 1 aliphatic heterocycles. The Morgan fingerprint density at radius 1 is 0.962 bits per heavy atom. The fourth-order valence-electron chi connectivity index (χ4n) is 2.67. The largest absolute Gasteiger partial charge is 0.486 e. The van der Waals surface area contributed by atoms with Gasteiger partial charge < -0.3 is 20.1 Å². The van der Waals surface area contributed by atoms with Crippen LogP contribution in [-0.2, 0) is 6.54 Å². The van der Waals surface area contributed by atoms with Crippen LogP contribution in [0.5, 0.6) is 11.5 Å². The molecule has 2 heterocycles. The molecule has 3 aromatic rings. The van der Waals surface area contributed by atoms with Crippen LogP contribution in [0.1, 0.15) is 11.1 Å². The van der Waals surface area contributed by atoms with E-state index in [-0.39, 0.29) is 0 Å². The van der Waals surface area contributed by atoms with E-state index in [0.29, 0.717) is 25.7 Å². The zero-order valence-electron chi connectivity index (χ0n) is 14.5. The van der Waals surface area contributed by atoms with E-state index in [4.69, 9.17) is 9.47 Å². The summed E-state index contributed by atoms with van der Waals surface area (Å²) in [6.45, 7) is 3.93. The van der Waals surface area contributed by atoms with Crippen molar-refractivity contribution < 1.29 is 9.47 Å². The van der Waals surface area contributed by atoms with E-state index < -0.39 is 0 Å². The molecule has 4 rings (SSSR count).